The molecule has 0 aromatic heterocycles. The van der Waals surface area contributed by atoms with E-state index >= 15 is 0 Å². The second kappa shape index (κ2) is 7.54. The fourth-order valence-electron chi connectivity index (χ4n) is 4.80. The Morgan fingerprint density at radius 3 is 2.68 bits per heavy atom. The number of nitrogens with zero attached hydrogens (tertiary/aromatic N) is 1. The average Bonchev–Trinajstić information content (AvgIpc) is 2.95. The smallest absolute Gasteiger partial charge is 0.241 e. The Balaban J connectivity index is 1.89. The van der Waals surface area contributed by atoms with E-state index in [0.717, 1.165) is 16.5 Å². The van der Waals surface area contributed by atoms with Gasteiger partial charge in [-0.3, -0.25) is 9.59 Å². The van der Waals surface area contributed by atoms with Crippen LogP contribution < -0.4 is 9.64 Å². The molecule has 0 unspecified atom stereocenters. The summed E-state index contributed by atoms with van der Waals surface area (Å²) in [7, 11) is 1.48. The lowest BCUT2D eigenvalue weighted by Crippen LogP contribution is -2.41. The molecule has 7 heteroatoms. The van der Waals surface area contributed by atoms with Crippen LogP contribution in [0.25, 0.3) is 0 Å². The quantitative estimate of drug-likeness (QED) is 0.679. The SMILES string of the molecule is C=CC1=CC[C@H]2C(=O)N(c3ccc(F)c(Cl)c3)C(=O)[C@@]2(C)[C@H]1c1ccc(O)cc1OC. The minimum atomic E-state index is -1.14. The van der Waals surface area contributed by atoms with Crippen molar-refractivity contribution in [2.75, 3.05) is 12.0 Å². The van der Waals surface area contributed by atoms with Gasteiger partial charge in [-0.15, -0.1) is 0 Å². The zero-order chi connectivity index (χ0) is 22.5. The van der Waals surface area contributed by atoms with Gasteiger partial charge < -0.3 is 9.84 Å². The lowest BCUT2D eigenvalue weighted by atomic mass is 9.60. The summed E-state index contributed by atoms with van der Waals surface area (Å²) in [5, 5.41) is 9.72. The van der Waals surface area contributed by atoms with Gasteiger partial charge in [0.05, 0.1) is 29.2 Å². The molecule has 0 bridgehead atoms. The van der Waals surface area contributed by atoms with Crippen LogP contribution in [0, 0.1) is 17.2 Å². The Morgan fingerprint density at radius 2 is 2.03 bits per heavy atom. The van der Waals surface area contributed by atoms with Gasteiger partial charge in [0.15, 0.2) is 0 Å². The molecular weight excluding hydrogens is 421 g/mol. The number of phenols is 1. The highest BCUT2D eigenvalue weighted by Gasteiger charge is 2.62. The van der Waals surface area contributed by atoms with Gasteiger partial charge in [-0.25, -0.2) is 9.29 Å². The van der Waals surface area contributed by atoms with E-state index in [1.54, 1.807) is 19.1 Å². The van der Waals surface area contributed by atoms with Gasteiger partial charge in [-0.05, 0) is 43.2 Å². The molecule has 2 aliphatic rings. The van der Waals surface area contributed by atoms with Gasteiger partial charge in [0.25, 0.3) is 0 Å². The number of carbonyl (C=O) groups is 2. The maximum atomic E-state index is 13.8. The van der Waals surface area contributed by atoms with Crippen LogP contribution in [-0.2, 0) is 9.59 Å². The van der Waals surface area contributed by atoms with Gasteiger partial charge in [-0.1, -0.05) is 36.4 Å². The van der Waals surface area contributed by atoms with Gasteiger partial charge in [0, 0.05) is 17.5 Å². The van der Waals surface area contributed by atoms with Crippen molar-refractivity contribution in [3.63, 3.8) is 0 Å². The number of imide groups is 1. The van der Waals surface area contributed by atoms with Crippen LogP contribution in [0.3, 0.4) is 0 Å². The van der Waals surface area contributed by atoms with Crippen molar-refractivity contribution in [2.45, 2.75) is 19.3 Å². The first-order valence-corrected chi connectivity index (χ1v) is 10.1. The third-order valence-corrected chi connectivity index (χ3v) is 6.64. The molecule has 31 heavy (non-hydrogen) atoms. The largest absolute Gasteiger partial charge is 0.508 e. The lowest BCUT2D eigenvalue weighted by Gasteiger charge is -2.40. The number of fused-ring (bicyclic) bond motifs is 1. The van der Waals surface area contributed by atoms with Crippen LogP contribution in [0.4, 0.5) is 10.1 Å². The van der Waals surface area contributed by atoms with E-state index in [1.165, 1.54) is 31.4 Å². The summed E-state index contributed by atoms with van der Waals surface area (Å²) in [5.41, 5.74) is 0.552. The summed E-state index contributed by atoms with van der Waals surface area (Å²) in [6, 6.07) is 8.47. The van der Waals surface area contributed by atoms with Crippen molar-refractivity contribution in [3.05, 3.63) is 77.1 Å². The highest BCUT2D eigenvalue weighted by Crippen LogP contribution is 2.58. The summed E-state index contributed by atoms with van der Waals surface area (Å²) in [6.45, 7) is 5.65. The Kier molecular flexibility index (Phi) is 5.13. The molecule has 3 atom stereocenters. The predicted octanol–water partition coefficient (Wildman–Crippen LogP) is 4.99. The normalized spacial score (nSPS) is 25.3. The van der Waals surface area contributed by atoms with Crippen LogP contribution in [-0.4, -0.2) is 24.0 Å². The second-order valence-corrected chi connectivity index (χ2v) is 8.32. The molecule has 1 saturated heterocycles. The zero-order valence-electron chi connectivity index (χ0n) is 17.1. The van der Waals surface area contributed by atoms with Crippen LogP contribution in [0.2, 0.25) is 5.02 Å². The van der Waals surface area contributed by atoms with E-state index in [4.69, 9.17) is 16.3 Å². The number of allylic oxidation sites excluding steroid dienone is 3. The molecule has 1 fully saturated rings. The number of benzene rings is 2. The number of ether oxygens (including phenoxy) is 1. The maximum absolute atomic E-state index is 13.8. The topological polar surface area (TPSA) is 66.8 Å². The van der Waals surface area contributed by atoms with Crippen LogP contribution in [0.15, 0.2) is 60.7 Å². The molecular formula is C24H21ClFNO4. The molecule has 1 heterocycles. The number of amides is 2. The van der Waals surface area contributed by atoms with Crippen LogP contribution in [0.1, 0.15) is 24.8 Å². The van der Waals surface area contributed by atoms with E-state index in [2.05, 4.69) is 6.58 Å². The lowest BCUT2D eigenvalue weighted by molar-refractivity contribution is -0.127. The molecule has 1 aliphatic heterocycles. The number of aromatic hydroxyl groups is 1. The fraction of sp³-hybridized carbons (Fsp3) is 0.250. The van der Waals surface area contributed by atoms with Gasteiger partial charge >= 0.3 is 0 Å². The molecule has 2 aromatic carbocycles. The van der Waals surface area contributed by atoms with Crippen molar-refractivity contribution < 1.29 is 23.8 Å². The van der Waals surface area contributed by atoms with Crippen LogP contribution in [0.5, 0.6) is 11.5 Å². The van der Waals surface area contributed by atoms with Crippen molar-refractivity contribution >= 4 is 29.1 Å². The minimum Gasteiger partial charge on any atom is -0.508 e. The highest BCUT2D eigenvalue weighted by atomic mass is 35.5. The third kappa shape index (κ3) is 3.05. The summed E-state index contributed by atoms with van der Waals surface area (Å²) >= 11 is 5.91. The summed E-state index contributed by atoms with van der Waals surface area (Å²) in [6.07, 6.45) is 3.95. The number of hydrogen-bond acceptors (Lipinski definition) is 4. The first-order valence-electron chi connectivity index (χ1n) is 9.76. The van der Waals surface area contributed by atoms with E-state index in [-0.39, 0.29) is 22.4 Å². The molecule has 4 rings (SSSR count). The van der Waals surface area contributed by atoms with Gasteiger partial charge in [0.2, 0.25) is 11.8 Å². The number of anilines is 1. The number of hydrogen-bond donors (Lipinski definition) is 1. The number of carbonyl (C=O) groups excluding carboxylic acids is 2. The Labute approximate surface area is 184 Å². The molecule has 0 saturated carbocycles. The van der Waals surface area contributed by atoms with E-state index < -0.39 is 29.0 Å². The Morgan fingerprint density at radius 1 is 1.29 bits per heavy atom. The van der Waals surface area contributed by atoms with Crippen molar-refractivity contribution in [1.82, 2.24) is 0 Å². The minimum absolute atomic E-state index is 0.0265. The average molecular weight is 442 g/mol. The first kappa shape index (κ1) is 21.1. The first-order chi connectivity index (χ1) is 14.7. The molecule has 0 spiro atoms. The van der Waals surface area contributed by atoms with Crippen molar-refractivity contribution in [1.29, 1.82) is 0 Å². The zero-order valence-corrected chi connectivity index (χ0v) is 17.8. The molecule has 0 radical (unpaired) electrons. The number of rotatable bonds is 4. The molecule has 2 amide bonds. The molecule has 5 nitrogen and oxygen atoms in total. The van der Waals surface area contributed by atoms with Gasteiger partial charge in [0.1, 0.15) is 17.3 Å². The second-order valence-electron chi connectivity index (χ2n) is 7.92. The number of halogens is 2. The number of methoxy groups -OCH3 is 1. The van der Waals surface area contributed by atoms with Crippen LogP contribution >= 0.6 is 11.6 Å². The molecule has 1 N–H and O–H groups in total. The monoisotopic (exact) mass is 441 g/mol. The summed E-state index contributed by atoms with van der Waals surface area (Å²) in [5.74, 6) is -2.12. The molecule has 1 aliphatic carbocycles. The summed E-state index contributed by atoms with van der Waals surface area (Å²) < 4.78 is 19.2. The fourth-order valence-corrected chi connectivity index (χ4v) is 4.98. The third-order valence-electron chi connectivity index (χ3n) is 6.35. The Bertz CT molecular complexity index is 1140. The van der Waals surface area contributed by atoms with Crippen molar-refractivity contribution in [3.8, 4) is 11.5 Å². The standard InChI is InChI=1S/C24H21ClFNO4/c1-4-13-5-9-17-22(29)27(14-6-10-19(26)18(25)11-14)23(30)24(17,2)21(13)16-8-7-15(28)12-20(16)31-3/h4-8,10-12,17,21,28H,1,9H2,2-3H3/t17-,21+,24+/m0/s1. The highest BCUT2D eigenvalue weighted by molar-refractivity contribution is 6.31. The maximum Gasteiger partial charge on any atom is 0.241 e. The number of phenolic OH excluding ortho intramolecular Hbond substituents is 1. The molecule has 160 valence electrons. The van der Waals surface area contributed by atoms with Gasteiger partial charge in [-0.2, -0.15) is 0 Å². The van der Waals surface area contributed by atoms with E-state index in [1.807, 2.05) is 6.08 Å². The van der Waals surface area contributed by atoms with E-state index in [9.17, 15) is 19.1 Å². The van der Waals surface area contributed by atoms with Crippen molar-refractivity contribution in [2.24, 2.45) is 11.3 Å². The molecule has 2 aromatic rings. The Hall–Kier alpha value is -3.12. The predicted molar refractivity (Wildman–Crippen MR) is 116 cm³/mol. The van der Waals surface area contributed by atoms with E-state index in [0.29, 0.717) is 17.7 Å². The summed E-state index contributed by atoms with van der Waals surface area (Å²) in [4.78, 5) is 28.3.